The molecule has 0 radical (unpaired) electrons. The molecule has 1 unspecified atom stereocenters. The summed E-state index contributed by atoms with van der Waals surface area (Å²) in [5, 5.41) is 0. The maximum Gasteiger partial charge on any atom is 0.0301 e. The maximum atomic E-state index is 5.86. The highest BCUT2D eigenvalue weighted by Gasteiger charge is 2.25. The molecule has 0 saturated heterocycles. The molecule has 1 aromatic rings. The summed E-state index contributed by atoms with van der Waals surface area (Å²) in [6, 6.07) is 8.66. The van der Waals surface area contributed by atoms with Gasteiger partial charge in [-0.25, -0.2) is 0 Å². The minimum Gasteiger partial charge on any atom is -0.329 e. The van der Waals surface area contributed by atoms with Crippen molar-refractivity contribution < 1.29 is 0 Å². The maximum absolute atomic E-state index is 5.86. The zero-order valence-electron chi connectivity index (χ0n) is 11.0. The average molecular weight is 220 g/mol. The van der Waals surface area contributed by atoms with Gasteiger partial charge in [0.15, 0.2) is 0 Å². The molecule has 0 aliphatic heterocycles. The summed E-state index contributed by atoms with van der Waals surface area (Å²) in [5.41, 5.74) is 8.63. The first kappa shape index (κ1) is 13.2. The summed E-state index contributed by atoms with van der Waals surface area (Å²) in [6.45, 7) is 8.21. The third-order valence-electron chi connectivity index (χ3n) is 3.63. The van der Waals surface area contributed by atoms with Crippen LogP contribution in [0.4, 0.5) is 0 Å². The molecule has 0 aliphatic carbocycles. The van der Waals surface area contributed by atoms with Gasteiger partial charge in [0.1, 0.15) is 0 Å². The predicted octanol–water partition coefficient (Wildman–Crippen LogP) is 2.55. The first-order chi connectivity index (χ1) is 7.51. The van der Waals surface area contributed by atoms with Crippen molar-refractivity contribution in [1.82, 2.24) is 4.90 Å². The Balaban J connectivity index is 2.74. The van der Waals surface area contributed by atoms with E-state index in [1.807, 2.05) is 0 Å². The van der Waals surface area contributed by atoms with Crippen molar-refractivity contribution in [2.45, 2.75) is 39.3 Å². The van der Waals surface area contributed by atoms with Crippen LogP contribution < -0.4 is 5.73 Å². The molecule has 1 atom stereocenters. The van der Waals surface area contributed by atoms with Crippen LogP contribution in [0.1, 0.15) is 31.4 Å². The Morgan fingerprint density at radius 1 is 1.38 bits per heavy atom. The second-order valence-electron chi connectivity index (χ2n) is 4.90. The van der Waals surface area contributed by atoms with Crippen molar-refractivity contribution in [3.8, 4) is 0 Å². The van der Waals surface area contributed by atoms with Crippen LogP contribution in [-0.2, 0) is 6.54 Å². The van der Waals surface area contributed by atoms with E-state index in [1.54, 1.807) is 0 Å². The van der Waals surface area contributed by atoms with E-state index >= 15 is 0 Å². The van der Waals surface area contributed by atoms with Gasteiger partial charge in [0, 0.05) is 18.6 Å². The fourth-order valence-corrected chi connectivity index (χ4v) is 1.85. The molecule has 0 fully saturated rings. The van der Waals surface area contributed by atoms with Crippen molar-refractivity contribution in [2.24, 2.45) is 5.73 Å². The van der Waals surface area contributed by atoms with Crippen molar-refractivity contribution in [3.63, 3.8) is 0 Å². The lowest BCUT2D eigenvalue weighted by atomic mass is 9.96. The van der Waals surface area contributed by atoms with Crippen molar-refractivity contribution in [3.05, 3.63) is 35.4 Å². The highest BCUT2D eigenvalue weighted by Crippen LogP contribution is 2.19. The lowest BCUT2D eigenvalue weighted by Gasteiger charge is -2.37. The summed E-state index contributed by atoms with van der Waals surface area (Å²) in [5.74, 6) is 0. The largest absolute Gasteiger partial charge is 0.329 e. The Hall–Kier alpha value is -0.860. The normalized spacial score (nSPS) is 15.1. The van der Waals surface area contributed by atoms with Crippen LogP contribution in [0.2, 0.25) is 0 Å². The van der Waals surface area contributed by atoms with Crippen LogP contribution in [0, 0.1) is 6.92 Å². The first-order valence-electron chi connectivity index (χ1n) is 5.98. The molecule has 2 nitrogen and oxygen atoms in total. The van der Waals surface area contributed by atoms with Crippen LogP contribution >= 0.6 is 0 Å². The molecule has 2 N–H and O–H groups in total. The number of nitrogens with two attached hydrogens (primary N) is 1. The Bertz CT molecular complexity index is 329. The van der Waals surface area contributed by atoms with Gasteiger partial charge in [0.25, 0.3) is 0 Å². The Kier molecular flexibility index (Phi) is 4.51. The van der Waals surface area contributed by atoms with E-state index in [2.05, 4.69) is 57.0 Å². The summed E-state index contributed by atoms with van der Waals surface area (Å²) < 4.78 is 0. The number of aryl methyl sites for hydroxylation is 1. The number of rotatable bonds is 5. The third-order valence-corrected chi connectivity index (χ3v) is 3.63. The van der Waals surface area contributed by atoms with Crippen LogP contribution in [0.15, 0.2) is 24.3 Å². The summed E-state index contributed by atoms with van der Waals surface area (Å²) in [4.78, 5) is 2.35. The van der Waals surface area contributed by atoms with E-state index in [1.165, 1.54) is 11.1 Å². The average Bonchev–Trinajstić information content (AvgIpc) is 2.28. The minimum atomic E-state index is 0.101. The minimum absolute atomic E-state index is 0.101. The number of nitrogens with zero attached hydrogens (tertiary/aromatic N) is 1. The summed E-state index contributed by atoms with van der Waals surface area (Å²) >= 11 is 0. The molecular weight excluding hydrogens is 196 g/mol. The Labute approximate surface area is 99.5 Å². The van der Waals surface area contributed by atoms with Gasteiger partial charge in [-0.2, -0.15) is 0 Å². The van der Waals surface area contributed by atoms with Gasteiger partial charge in [-0.3, -0.25) is 4.90 Å². The van der Waals surface area contributed by atoms with Crippen molar-refractivity contribution >= 4 is 0 Å². The standard InChI is InChI=1S/C14H24N2/c1-5-14(3,11-15)16(4)10-13-8-6-7-12(2)9-13/h6-9H,5,10-11,15H2,1-4H3. The number of benzene rings is 1. The predicted molar refractivity (Wildman–Crippen MR) is 70.4 cm³/mol. The number of hydrogen-bond acceptors (Lipinski definition) is 2. The third kappa shape index (κ3) is 3.06. The Morgan fingerprint density at radius 3 is 2.56 bits per heavy atom. The molecule has 0 saturated carbocycles. The molecule has 0 aliphatic rings. The molecule has 2 heteroatoms. The van der Waals surface area contributed by atoms with E-state index in [-0.39, 0.29) is 5.54 Å². The van der Waals surface area contributed by atoms with Gasteiger partial charge in [-0.05, 0) is 32.9 Å². The molecule has 90 valence electrons. The van der Waals surface area contributed by atoms with Gasteiger partial charge in [0.2, 0.25) is 0 Å². The van der Waals surface area contributed by atoms with Gasteiger partial charge in [-0.1, -0.05) is 36.8 Å². The van der Waals surface area contributed by atoms with Crippen LogP contribution in [-0.4, -0.2) is 24.0 Å². The highest BCUT2D eigenvalue weighted by molar-refractivity contribution is 5.22. The number of hydrogen-bond donors (Lipinski definition) is 1. The van der Waals surface area contributed by atoms with E-state index < -0.39 is 0 Å². The summed E-state index contributed by atoms with van der Waals surface area (Å²) in [6.07, 6.45) is 1.08. The van der Waals surface area contributed by atoms with Gasteiger partial charge < -0.3 is 5.73 Å². The summed E-state index contributed by atoms with van der Waals surface area (Å²) in [7, 11) is 2.15. The van der Waals surface area contributed by atoms with Gasteiger partial charge >= 0.3 is 0 Å². The van der Waals surface area contributed by atoms with Crippen molar-refractivity contribution in [1.29, 1.82) is 0 Å². The molecule has 1 aromatic carbocycles. The lowest BCUT2D eigenvalue weighted by molar-refractivity contribution is 0.131. The second kappa shape index (κ2) is 5.46. The topological polar surface area (TPSA) is 29.3 Å². The van der Waals surface area contributed by atoms with Gasteiger partial charge in [-0.15, -0.1) is 0 Å². The fraction of sp³-hybridized carbons (Fsp3) is 0.571. The zero-order valence-corrected chi connectivity index (χ0v) is 11.0. The number of likely N-dealkylation sites (N-methyl/N-ethyl adjacent to an activating group) is 1. The molecule has 0 heterocycles. The SMILES string of the molecule is CCC(C)(CN)N(C)Cc1cccc(C)c1. The fourth-order valence-electron chi connectivity index (χ4n) is 1.85. The molecule has 0 bridgehead atoms. The molecule has 1 rings (SSSR count). The second-order valence-corrected chi connectivity index (χ2v) is 4.90. The van der Waals surface area contributed by atoms with Crippen molar-refractivity contribution in [2.75, 3.05) is 13.6 Å². The molecule has 0 aromatic heterocycles. The van der Waals surface area contributed by atoms with E-state index in [0.717, 1.165) is 13.0 Å². The smallest absolute Gasteiger partial charge is 0.0301 e. The monoisotopic (exact) mass is 220 g/mol. The Morgan fingerprint density at radius 2 is 2.06 bits per heavy atom. The highest BCUT2D eigenvalue weighted by atomic mass is 15.2. The zero-order chi connectivity index (χ0) is 12.2. The quantitative estimate of drug-likeness (QED) is 0.826. The molecule has 0 spiro atoms. The van der Waals surface area contributed by atoms with E-state index in [0.29, 0.717) is 6.54 Å². The molecular formula is C14H24N2. The molecule has 16 heavy (non-hydrogen) atoms. The van der Waals surface area contributed by atoms with Gasteiger partial charge in [0.05, 0.1) is 0 Å². The van der Waals surface area contributed by atoms with Crippen LogP contribution in [0.25, 0.3) is 0 Å². The van der Waals surface area contributed by atoms with E-state index in [9.17, 15) is 0 Å². The molecule has 0 amide bonds. The first-order valence-corrected chi connectivity index (χ1v) is 5.98. The van der Waals surface area contributed by atoms with Crippen LogP contribution in [0.5, 0.6) is 0 Å². The van der Waals surface area contributed by atoms with Crippen LogP contribution in [0.3, 0.4) is 0 Å². The lowest BCUT2D eigenvalue weighted by Crippen LogP contribution is -2.48. The van der Waals surface area contributed by atoms with E-state index in [4.69, 9.17) is 5.73 Å².